The van der Waals surface area contributed by atoms with E-state index < -0.39 is 38.6 Å². The van der Waals surface area contributed by atoms with Gasteiger partial charge >= 0.3 is 7.82 Å². The first-order valence-corrected chi connectivity index (χ1v) is 28.0. The molecule has 0 saturated carbocycles. The Morgan fingerprint density at radius 2 is 0.919 bits per heavy atom. The SMILES string of the molecule is CCCCCCCCCCCCCCCC/C=C/CC/C=C/C(O)C(COP(=O)(O)OCCN)NC(=O)CC(O)CCCCCCCCCCCCCCCCCCCCCC. The smallest absolute Gasteiger partial charge is 0.393 e. The Kier molecular flexibility index (Phi) is 47.1. The summed E-state index contributed by atoms with van der Waals surface area (Å²) in [5, 5.41) is 24.2. The van der Waals surface area contributed by atoms with Gasteiger partial charge in [0.1, 0.15) is 0 Å². The fourth-order valence-corrected chi connectivity index (χ4v) is 8.84. The number of unbranched alkanes of at least 4 members (excludes halogenated alkanes) is 34. The lowest BCUT2D eigenvalue weighted by Crippen LogP contribution is -2.46. The minimum absolute atomic E-state index is 0.0464. The molecule has 0 saturated heterocycles. The van der Waals surface area contributed by atoms with Crippen molar-refractivity contribution in [1.29, 1.82) is 0 Å². The molecule has 368 valence electrons. The maximum atomic E-state index is 12.9. The van der Waals surface area contributed by atoms with Crippen molar-refractivity contribution in [2.75, 3.05) is 19.8 Å². The number of hydrogen-bond acceptors (Lipinski definition) is 7. The summed E-state index contributed by atoms with van der Waals surface area (Å²) in [4.78, 5) is 22.9. The molecule has 0 bridgehead atoms. The number of carbonyl (C=O) groups is 1. The van der Waals surface area contributed by atoms with Gasteiger partial charge in [-0.1, -0.05) is 250 Å². The average Bonchev–Trinajstić information content (AvgIpc) is 3.25. The maximum absolute atomic E-state index is 12.9. The molecule has 10 heteroatoms. The highest BCUT2D eigenvalue weighted by molar-refractivity contribution is 7.47. The number of aliphatic hydroxyl groups is 2. The summed E-state index contributed by atoms with van der Waals surface area (Å²) in [7, 11) is -4.41. The highest BCUT2D eigenvalue weighted by Gasteiger charge is 2.27. The van der Waals surface area contributed by atoms with Crippen LogP contribution in [-0.2, 0) is 18.4 Å². The van der Waals surface area contributed by atoms with Crippen molar-refractivity contribution < 1.29 is 33.5 Å². The highest BCUT2D eigenvalue weighted by atomic mass is 31.2. The van der Waals surface area contributed by atoms with E-state index in [1.165, 1.54) is 199 Å². The monoisotopic (exact) mass is 899 g/mol. The molecule has 6 N–H and O–H groups in total. The Hall–Kier alpha value is -1.06. The van der Waals surface area contributed by atoms with E-state index in [0.717, 1.165) is 32.1 Å². The predicted octanol–water partition coefficient (Wildman–Crippen LogP) is 14.7. The molecule has 62 heavy (non-hydrogen) atoms. The number of aliphatic hydroxyl groups excluding tert-OH is 2. The van der Waals surface area contributed by atoms with E-state index in [-0.39, 0.29) is 19.6 Å². The van der Waals surface area contributed by atoms with Gasteiger partial charge in [-0.2, -0.15) is 0 Å². The first kappa shape index (κ1) is 60.9. The fraction of sp³-hybridized carbons (Fsp3) is 0.904. The van der Waals surface area contributed by atoms with Gasteiger partial charge in [0.2, 0.25) is 5.91 Å². The van der Waals surface area contributed by atoms with Gasteiger partial charge in [0.25, 0.3) is 0 Å². The van der Waals surface area contributed by atoms with Crippen LogP contribution in [0.4, 0.5) is 0 Å². The quantitative estimate of drug-likeness (QED) is 0.0230. The Labute approximate surface area is 383 Å². The molecule has 0 fully saturated rings. The van der Waals surface area contributed by atoms with Crippen LogP contribution in [0.25, 0.3) is 0 Å². The van der Waals surface area contributed by atoms with Gasteiger partial charge in [-0.3, -0.25) is 13.8 Å². The van der Waals surface area contributed by atoms with Crippen molar-refractivity contribution in [2.45, 2.75) is 283 Å². The van der Waals surface area contributed by atoms with Crippen LogP contribution in [-0.4, -0.2) is 59.0 Å². The van der Waals surface area contributed by atoms with E-state index in [1.807, 2.05) is 6.08 Å². The molecule has 4 atom stereocenters. The molecule has 0 aliphatic carbocycles. The van der Waals surface area contributed by atoms with E-state index >= 15 is 0 Å². The largest absolute Gasteiger partial charge is 0.472 e. The number of phosphoric ester groups is 1. The summed E-state index contributed by atoms with van der Waals surface area (Å²) in [5.74, 6) is -0.450. The zero-order valence-corrected chi connectivity index (χ0v) is 41.6. The van der Waals surface area contributed by atoms with Crippen LogP contribution in [0.2, 0.25) is 0 Å². The summed E-state index contributed by atoms with van der Waals surface area (Å²) >= 11 is 0. The summed E-state index contributed by atoms with van der Waals surface area (Å²) in [6.07, 6.45) is 54.2. The molecule has 9 nitrogen and oxygen atoms in total. The molecule has 0 rings (SSSR count). The summed E-state index contributed by atoms with van der Waals surface area (Å²) in [5.41, 5.74) is 5.38. The molecule has 0 aromatic rings. The average molecular weight is 899 g/mol. The number of allylic oxidation sites excluding steroid dienone is 3. The minimum Gasteiger partial charge on any atom is -0.393 e. The van der Waals surface area contributed by atoms with E-state index in [1.54, 1.807) is 6.08 Å². The fourth-order valence-electron chi connectivity index (χ4n) is 8.08. The second-order valence-corrected chi connectivity index (χ2v) is 19.7. The normalized spacial score (nSPS) is 14.5. The van der Waals surface area contributed by atoms with Crippen molar-refractivity contribution in [3.63, 3.8) is 0 Å². The molecule has 0 aliphatic rings. The van der Waals surface area contributed by atoms with Crippen LogP contribution in [0.1, 0.15) is 264 Å². The third kappa shape index (κ3) is 45.5. The van der Waals surface area contributed by atoms with Gasteiger partial charge in [0, 0.05) is 6.54 Å². The molecule has 0 heterocycles. The van der Waals surface area contributed by atoms with Crippen molar-refractivity contribution >= 4 is 13.7 Å². The van der Waals surface area contributed by atoms with E-state index in [9.17, 15) is 24.5 Å². The number of hydrogen-bond donors (Lipinski definition) is 5. The third-order valence-corrected chi connectivity index (χ3v) is 13.1. The van der Waals surface area contributed by atoms with Crippen LogP contribution in [0.5, 0.6) is 0 Å². The second kappa shape index (κ2) is 47.9. The van der Waals surface area contributed by atoms with E-state index in [2.05, 4.69) is 31.3 Å². The van der Waals surface area contributed by atoms with E-state index in [0.29, 0.717) is 12.8 Å². The van der Waals surface area contributed by atoms with E-state index in [4.69, 9.17) is 14.8 Å². The summed E-state index contributed by atoms with van der Waals surface area (Å²) in [6, 6.07) is -0.997. The Morgan fingerprint density at radius 1 is 0.548 bits per heavy atom. The van der Waals surface area contributed by atoms with Gasteiger partial charge in [0.15, 0.2) is 0 Å². The lowest BCUT2D eigenvalue weighted by atomic mass is 10.0. The Bertz CT molecular complexity index is 1040. The van der Waals surface area contributed by atoms with Gasteiger partial charge in [-0.15, -0.1) is 0 Å². The molecular weight excluding hydrogens is 796 g/mol. The number of phosphoric acid groups is 1. The maximum Gasteiger partial charge on any atom is 0.472 e. The Morgan fingerprint density at radius 3 is 1.34 bits per heavy atom. The number of nitrogens with two attached hydrogens (primary N) is 1. The number of nitrogens with one attached hydrogen (secondary N) is 1. The van der Waals surface area contributed by atoms with Crippen LogP contribution >= 0.6 is 7.82 Å². The van der Waals surface area contributed by atoms with Crippen LogP contribution < -0.4 is 11.1 Å². The second-order valence-electron chi connectivity index (χ2n) is 18.3. The lowest BCUT2D eigenvalue weighted by molar-refractivity contribution is -0.124. The first-order chi connectivity index (χ1) is 30.3. The summed E-state index contributed by atoms with van der Waals surface area (Å²) < 4.78 is 22.2. The number of amides is 1. The first-order valence-electron chi connectivity index (χ1n) is 26.5. The minimum atomic E-state index is -4.41. The molecule has 0 aromatic carbocycles. The molecule has 0 radical (unpaired) electrons. The highest BCUT2D eigenvalue weighted by Crippen LogP contribution is 2.43. The van der Waals surface area contributed by atoms with Crippen LogP contribution in [0, 0.1) is 0 Å². The van der Waals surface area contributed by atoms with Crippen molar-refractivity contribution in [3.8, 4) is 0 Å². The van der Waals surface area contributed by atoms with Gasteiger partial charge in [-0.25, -0.2) is 4.57 Å². The molecule has 1 amide bonds. The van der Waals surface area contributed by atoms with Gasteiger partial charge in [-0.05, 0) is 32.1 Å². The van der Waals surface area contributed by atoms with Crippen molar-refractivity contribution in [1.82, 2.24) is 5.32 Å². The predicted molar refractivity (Wildman–Crippen MR) is 264 cm³/mol. The molecule has 0 aromatic heterocycles. The number of rotatable bonds is 50. The standard InChI is InChI=1S/C52H103N2O7P/c1-3-5-7-9-11-13-15-17-19-21-23-25-27-29-31-33-35-37-39-41-43-49(55)47-52(57)54-50(48-61-62(58,59)60-46-45-53)51(56)44-42-40-38-36-34-32-30-28-26-24-22-20-18-16-14-12-10-8-6-4-2/h34,36,42,44,49-51,55-56H,3-33,35,37-41,43,45-48,53H2,1-2H3,(H,54,57)(H,58,59)/b36-34+,44-42+. The molecule has 4 unspecified atom stereocenters. The third-order valence-electron chi connectivity index (χ3n) is 12.1. The van der Waals surface area contributed by atoms with Crippen LogP contribution in [0.15, 0.2) is 24.3 Å². The van der Waals surface area contributed by atoms with Crippen LogP contribution in [0.3, 0.4) is 0 Å². The Balaban J connectivity index is 4.19. The van der Waals surface area contributed by atoms with Crippen molar-refractivity contribution in [2.24, 2.45) is 5.73 Å². The zero-order valence-electron chi connectivity index (χ0n) is 40.7. The van der Waals surface area contributed by atoms with Gasteiger partial charge < -0.3 is 26.2 Å². The molecule has 0 aliphatic heterocycles. The topological polar surface area (TPSA) is 151 Å². The molecular formula is C52H103N2O7P. The lowest BCUT2D eigenvalue weighted by Gasteiger charge is -2.24. The van der Waals surface area contributed by atoms with Gasteiger partial charge in [0.05, 0.1) is 37.9 Å². The summed E-state index contributed by atoms with van der Waals surface area (Å²) in [6.45, 7) is 4.00. The van der Waals surface area contributed by atoms with Crippen molar-refractivity contribution in [3.05, 3.63) is 24.3 Å². The number of carbonyl (C=O) groups excluding carboxylic acids is 1. The zero-order chi connectivity index (χ0) is 45.5. The molecule has 0 spiro atoms.